The van der Waals surface area contributed by atoms with Crippen LogP contribution >= 0.6 is 0 Å². The normalized spacial score (nSPS) is 11.3. The largest absolute Gasteiger partial charge is 0.481 e. The zero-order valence-corrected chi connectivity index (χ0v) is 12.1. The second kappa shape index (κ2) is 6.06. The van der Waals surface area contributed by atoms with Gasteiger partial charge >= 0.3 is 5.97 Å². The zero-order valence-electron chi connectivity index (χ0n) is 11.2. The Morgan fingerprint density at radius 3 is 2.50 bits per heavy atom. The molecule has 1 heterocycles. The number of nitrogens with two attached hydrogens (primary N) is 1. The van der Waals surface area contributed by atoms with Crippen LogP contribution in [0.3, 0.4) is 0 Å². The average Bonchev–Trinajstić information content (AvgIpc) is 2.69. The maximum atomic E-state index is 12.1. The van der Waals surface area contributed by atoms with Gasteiger partial charge in [-0.2, -0.15) is 0 Å². The summed E-state index contributed by atoms with van der Waals surface area (Å²) in [5.74, 6) is -1.32. The third kappa shape index (κ3) is 4.07. The number of carboxylic acid groups (broad SMARTS) is 1. The maximum absolute atomic E-state index is 12.1. The first-order chi connectivity index (χ1) is 9.12. The van der Waals surface area contributed by atoms with Crippen LogP contribution in [0.25, 0.3) is 0 Å². The smallest absolute Gasteiger partial charge is 0.303 e. The van der Waals surface area contributed by atoms with E-state index < -0.39 is 21.9 Å². The van der Waals surface area contributed by atoms with Gasteiger partial charge in [-0.25, -0.2) is 13.6 Å². The van der Waals surface area contributed by atoms with Crippen molar-refractivity contribution in [3.63, 3.8) is 0 Å². The van der Waals surface area contributed by atoms with Gasteiger partial charge in [-0.15, -0.1) is 0 Å². The van der Waals surface area contributed by atoms with E-state index in [9.17, 15) is 18.0 Å². The molecular weight excluding hydrogens is 286 g/mol. The minimum atomic E-state index is -3.86. The van der Waals surface area contributed by atoms with Gasteiger partial charge in [0.05, 0.1) is 0 Å². The molecule has 1 aromatic rings. The van der Waals surface area contributed by atoms with Crippen molar-refractivity contribution in [2.45, 2.75) is 17.7 Å². The van der Waals surface area contributed by atoms with Gasteiger partial charge in [0.15, 0.2) is 0 Å². The first-order valence-electron chi connectivity index (χ1n) is 5.79. The minimum Gasteiger partial charge on any atom is -0.481 e. The fourth-order valence-electron chi connectivity index (χ4n) is 1.67. The molecule has 1 rings (SSSR count). The van der Waals surface area contributed by atoms with Crippen LogP contribution in [-0.4, -0.2) is 48.5 Å². The van der Waals surface area contributed by atoms with Crippen LogP contribution in [-0.2, 0) is 21.9 Å². The number of sulfonamides is 1. The number of nitrogens with zero attached hydrogens (tertiary/aromatic N) is 2. The summed E-state index contributed by atoms with van der Waals surface area (Å²) >= 11 is 0. The number of amides is 1. The van der Waals surface area contributed by atoms with E-state index in [1.807, 2.05) is 0 Å². The molecule has 0 unspecified atom stereocenters. The summed E-state index contributed by atoms with van der Waals surface area (Å²) in [7, 11) is -0.805. The number of aromatic nitrogens is 1. The Bertz CT molecular complexity index is 620. The monoisotopic (exact) mass is 303 g/mol. The molecule has 0 radical (unpaired) electrons. The Labute approximate surface area is 116 Å². The Balaban J connectivity index is 2.82. The average molecular weight is 303 g/mol. The van der Waals surface area contributed by atoms with Crippen molar-refractivity contribution < 1.29 is 23.1 Å². The van der Waals surface area contributed by atoms with E-state index in [1.165, 1.54) is 35.8 Å². The third-order valence-electron chi connectivity index (χ3n) is 2.76. The van der Waals surface area contributed by atoms with Crippen LogP contribution in [0, 0.1) is 0 Å². The molecule has 3 N–H and O–H groups in total. The Kier molecular flexibility index (Phi) is 4.90. The first kappa shape index (κ1) is 16.2. The van der Waals surface area contributed by atoms with Crippen LogP contribution in [0.5, 0.6) is 0 Å². The highest BCUT2D eigenvalue weighted by molar-refractivity contribution is 7.89. The van der Waals surface area contributed by atoms with Crippen molar-refractivity contribution in [3.8, 4) is 0 Å². The van der Waals surface area contributed by atoms with Crippen LogP contribution in [0.2, 0.25) is 0 Å². The Hall–Kier alpha value is -1.87. The molecule has 112 valence electrons. The zero-order chi connectivity index (χ0) is 15.5. The standard InChI is InChI=1S/C11H17N3O5S/c1-13(5-3-4-10(15)16)11(17)9-6-8(7-14(9)2)20(12,18)19/h6-7H,3-5H2,1-2H3,(H,15,16)(H2,12,18,19). The first-order valence-corrected chi connectivity index (χ1v) is 7.34. The molecule has 0 aliphatic carbocycles. The summed E-state index contributed by atoms with van der Waals surface area (Å²) in [5.41, 5.74) is 0.173. The van der Waals surface area contributed by atoms with E-state index in [1.54, 1.807) is 0 Å². The minimum absolute atomic E-state index is 0.0345. The molecule has 8 nitrogen and oxygen atoms in total. The van der Waals surface area contributed by atoms with Gasteiger partial charge in [-0.1, -0.05) is 0 Å². The number of aliphatic carboxylic acids is 1. The molecule has 0 aliphatic heterocycles. The number of carbonyl (C=O) groups excluding carboxylic acids is 1. The van der Waals surface area contributed by atoms with E-state index >= 15 is 0 Å². The quantitative estimate of drug-likeness (QED) is 0.741. The molecule has 0 fully saturated rings. The molecule has 20 heavy (non-hydrogen) atoms. The summed E-state index contributed by atoms with van der Waals surface area (Å²) in [6.07, 6.45) is 1.55. The second-order valence-electron chi connectivity index (χ2n) is 4.44. The molecular formula is C11H17N3O5S. The number of rotatable bonds is 6. The van der Waals surface area contributed by atoms with Gasteiger partial charge in [0.25, 0.3) is 5.91 Å². The number of carbonyl (C=O) groups is 2. The van der Waals surface area contributed by atoms with Crippen LogP contribution in [0.15, 0.2) is 17.2 Å². The van der Waals surface area contributed by atoms with Gasteiger partial charge in [0, 0.05) is 33.3 Å². The van der Waals surface area contributed by atoms with Gasteiger partial charge < -0.3 is 14.6 Å². The molecule has 9 heteroatoms. The molecule has 0 atom stereocenters. The molecule has 0 aliphatic rings. The lowest BCUT2D eigenvalue weighted by atomic mass is 10.3. The number of hydrogen-bond donors (Lipinski definition) is 2. The number of hydrogen-bond acceptors (Lipinski definition) is 4. The molecule has 0 bridgehead atoms. The van der Waals surface area contributed by atoms with E-state index in [0.29, 0.717) is 6.42 Å². The summed E-state index contributed by atoms with van der Waals surface area (Å²) in [6.45, 7) is 0.265. The lowest BCUT2D eigenvalue weighted by Gasteiger charge is -2.16. The topological polar surface area (TPSA) is 123 Å². The summed E-state index contributed by atoms with van der Waals surface area (Å²) in [5, 5.41) is 13.5. The van der Waals surface area contributed by atoms with E-state index in [2.05, 4.69) is 0 Å². The molecule has 1 aromatic heterocycles. The highest BCUT2D eigenvalue weighted by Crippen LogP contribution is 2.13. The van der Waals surface area contributed by atoms with Crippen molar-refractivity contribution in [2.75, 3.05) is 13.6 Å². The summed E-state index contributed by atoms with van der Waals surface area (Å²) in [6, 6.07) is 1.20. The molecule has 1 amide bonds. The fourth-order valence-corrected chi connectivity index (χ4v) is 2.25. The number of carboxylic acids is 1. The summed E-state index contributed by atoms with van der Waals surface area (Å²) < 4.78 is 23.8. The van der Waals surface area contributed by atoms with Gasteiger partial charge in [-0.05, 0) is 12.5 Å². The number of aryl methyl sites for hydroxylation is 1. The van der Waals surface area contributed by atoms with E-state index in [0.717, 1.165) is 0 Å². The van der Waals surface area contributed by atoms with Crippen LogP contribution in [0.1, 0.15) is 23.3 Å². The van der Waals surface area contributed by atoms with Crippen molar-refractivity contribution in [3.05, 3.63) is 18.0 Å². The Morgan fingerprint density at radius 2 is 2.05 bits per heavy atom. The number of primary sulfonamides is 1. The van der Waals surface area contributed by atoms with Crippen molar-refractivity contribution >= 4 is 21.9 Å². The molecule has 0 spiro atoms. The lowest BCUT2D eigenvalue weighted by molar-refractivity contribution is -0.137. The van der Waals surface area contributed by atoms with Crippen LogP contribution < -0.4 is 5.14 Å². The van der Waals surface area contributed by atoms with Crippen LogP contribution in [0.4, 0.5) is 0 Å². The molecule has 0 aromatic carbocycles. The predicted molar refractivity (Wildman–Crippen MR) is 70.6 cm³/mol. The predicted octanol–water partition coefficient (Wildman–Crippen LogP) is -0.391. The van der Waals surface area contributed by atoms with Gasteiger partial charge in [0.1, 0.15) is 10.6 Å². The summed E-state index contributed by atoms with van der Waals surface area (Å²) in [4.78, 5) is 23.7. The third-order valence-corrected chi connectivity index (χ3v) is 3.64. The molecule has 0 saturated heterocycles. The van der Waals surface area contributed by atoms with Crippen molar-refractivity contribution in [1.29, 1.82) is 0 Å². The maximum Gasteiger partial charge on any atom is 0.303 e. The highest BCUT2D eigenvalue weighted by atomic mass is 32.2. The lowest BCUT2D eigenvalue weighted by Crippen LogP contribution is -2.29. The van der Waals surface area contributed by atoms with E-state index in [4.69, 9.17) is 10.2 Å². The highest BCUT2D eigenvalue weighted by Gasteiger charge is 2.20. The second-order valence-corrected chi connectivity index (χ2v) is 6.00. The van der Waals surface area contributed by atoms with E-state index in [-0.39, 0.29) is 23.6 Å². The molecule has 0 saturated carbocycles. The Morgan fingerprint density at radius 1 is 1.45 bits per heavy atom. The SMILES string of the molecule is CN(CCCC(=O)O)C(=O)c1cc(S(N)(=O)=O)cn1C. The van der Waals surface area contributed by atoms with Crippen molar-refractivity contribution in [1.82, 2.24) is 9.47 Å². The fraction of sp³-hybridized carbons (Fsp3) is 0.455. The van der Waals surface area contributed by atoms with Crippen molar-refractivity contribution in [2.24, 2.45) is 12.2 Å². The van der Waals surface area contributed by atoms with Gasteiger partial charge in [0.2, 0.25) is 10.0 Å². The van der Waals surface area contributed by atoms with Gasteiger partial charge in [-0.3, -0.25) is 9.59 Å².